The molecular weight excluding hydrogens is 483 g/mol. The van der Waals surface area contributed by atoms with Crippen molar-refractivity contribution in [3.05, 3.63) is 81.3 Å². The number of benzene rings is 2. The van der Waals surface area contributed by atoms with E-state index >= 15 is 0 Å². The van der Waals surface area contributed by atoms with Crippen molar-refractivity contribution in [2.75, 3.05) is 5.75 Å². The zero-order valence-electron chi connectivity index (χ0n) is 16.9. The van der Waals surface area contributed by atoms with Crippen LogP contribution in [0.4, 0.5) is 4.39 Å². The molecule has 0 aliphatic heterocycles. The Morgan fingerprint density at radius 1 is 1.19 bits per heavy atom. The molecule has 0 aliphatic rings. The molecule has 0 spiro atoms. The van der Waals surface area contributed by atoms with Gasteiger partial charge in [0, 0.05) is 11.4 Å². The van der Waals surface area contributed by atoms with Gasteiger partial charge in [0.05, 0.1) is 16.4 Å². The average molecular weight is 503 g/mol. The lowest BCUT2D eigenvalue weighted by Gasteiger charge is -2.09. The summed E-state index contributed by atoms with van der Waals surface area (Å²) in [6.45, 7) is 4.03. The monoisotopic (exact) mass is 502 g/mol. The van der Waals surface area contributed by atoms with Crippen LogP contribution in [-0.4, -0.2) is 27.8 Å². The third-order valence-corrected chi connectivity index (χ3v) is 5.40. The molecule has 0 aliphatic carbocycles. The number of hydrogen-bond donors (Lipinski definition) is 1. The molecule has 1 N–H and O–H groups in total. The lowest BCUT2D eigenvalue weighted by atomic mass is 10.2. The topological polar surface area (TPSA) is 76.5 Å². The molecule has 9 heteroatoms. The number of hydrogen-bond acceptors (Lipinski definition) is 6. The van der Waals surface area contributed by atoms with Crippen molar-refractivity contribution in [3.8, 4) is 5.75 Å². The summed E-state index contributed by atoms with van der Waals surface area (Å²) in [4.78, 5) is 20.6. The van der Waals surface area contributed by atoms with E-state index in [4.69, 9.17) is 4.74 Å². The van der Waals surface area contributed by atoms with E-state index in [0.29, 0.717) is 10.9 Å². The SMILES string of the molecule is Cc1cc(C)nc(SCC(=O)N/N=C\c2ccc(OCc3cccc(F)c3)c(Br)c2)n1. The summed E-state index contributed by atoms with van der Waals surface area (Å²) in [5.74, 6) is 0.235. The minimum atomic E-state index is -0.298. The number of carbonyl (C=O) groups excluding carboxylic acids is 1. The fraction of sp³-hybridized carbons (Fsp3) is 0.182. The zero-order chi connectivity index (χ0) is 22.2. The third-order valence-electron chi connectivity index (χ3n) is 3.94. The number of thioether (sulfide) groups is 1. The summed E-state index contributed by atoms with van der Waals surface area (Å²) >= 11 is 4.71. The second-order valence-electron chi connectivity index (χ2n) is 6.62. The van der Waals surface area contributed by atoms with Gasteiger partial charge in [-0.25, -0.2) is 19.8 Å². The van der Waals surface area contributed by atoms with E-state index in [9.17, 15) is 9.18 Å². The molecule has 1 aromatic heterocycles. The molecule has 2 aromatic carbocycles. The fourth-order valence-corrected chi connectivity index (χ4v) is 3.85. The summed E-state index contributed by atoms with van der Waals surface area (Å²) in [6.07, 6.45) is 1.54. The van der Waals surface area contributed by atoms with Crippen LogP contribution in [0.15, 0.2) is 63.3 Å². The number of hydrazone groups is 1. The van der Waals surface area contributed by atoms with Crippen molar-refractivity contribution in [1.29, 1.82) is 0 Å². The Balaban J connectivity index is 1.49. The second kappa shape index (κ2) is 11.0. The molecular formula is C22H20BrFN4O2S. The van der Waals surface area contributed by atoms with E-state index in [1.54, 1.807) is 24.3 Å². The first-order valence-corrected chi connectivity index (χ1v) is 11.1. The average Bonchev–Trinajstić information content (AvgIpc) is 2.71. The number of nitrogens with one attached hydrogen (secondary N) is 1. The standard InChI is InChI=1S/C22H20BrFN4O2S/c1-14-8-15(2)27-22(26-14)31-13-21(29)28-25-11-16-6-7-20(19(23)10-16)30-12-17-4-3-5-18(24)9-17/h3-11H,12-13H2,1-2H3,(H,28,29)/b25-11-. The number of ether oxygens (including phenoxy) is 1. The molecule has 3 aromatic rings. The molecule has 0 radical (unpaired) electrons. The number of aryl methyl sites for hydroxylation is 2. The first-order chi connectivity index (χ1) is 14.9. The highest BCUT2D eigenvalue weighted by molar-refractivity contribution is 9.10. The normalized spacial score (nSPS) is 11.0. The minimum absolute atomic E-state index is 0.163. The van der Waals surface area contributed by atoms with E-state index in [1.807, 2.05) is 26.0 Å². The summed E-state index contributed by atoms with van der Waals surface area (Å²) in [5, 5.41) is 4.55. The maximum atomic E-state index is 13.3. The van der Waals surface area contributed by atoms with Gasteiger partial charge in [0.1, 0.15) is 18.2 Å². The van der Waals surface area contributed by atoms with Crippen molar-refractivity contribution in [2.45, 2.75) is 25.6 Å². The summed E-state index contributed by atoms with van der Waals surface area (Å²) in [7, 11) is 0. The van der Waals surface area contributed by atoms with Gasteiger partial charge in [-0.3, -0.25) is 4.79 Å². The molecule has 0 saturated heterocycles. The molecule has 1 heterocycles. The highest BCUT2D eigenvalue weighted by Gasteiger charge is 2.06. The van der Waals surface area contributed by atoms with Gasteiger partial charge < -0.3 is 4.74 Å². The predicted octanol–water partition coefficient (Wildman–Crippen LogP) is 4.82. The van der Waals surface area contributed by atoms with Crippen LogP contribution >= 0.6 is 27.7 Å². The van der Waals surface area contributed by atoms with Crippen molar-refractivity contribution in [3.63, 3.8) is 0 Å². The molecule has 160 valence electrons. The summed E-state index contributed by atoms with van der Waals surface area (Å²) < 4.78 is 19.7. The molecule has 3 rings (SSSR count). The highest BCUT2D eigenvalue weighted by atomic mass is 79.9. The fourth-order valence-electron chi connectivity index (χ4n) is 2.60. The predicted molar refractivity (Wildman–Crippen MR) is 123 cm³/mol. The van der Waals surface area contributed by atoms with Crippen LogP contribution < -0.4 is 10.2 Å². The Kier molecular flexibility index (Phi) is 8.13. The van der Waals surface area contributed by atoms with Gasteiger partial charge in [-0.2, -0.15) is 5.10 Å². The Morgan fingerprint density at radius 3 is 2.68 bits per heavy atom. The van der Waals surface area contributed by atoms with Crippen molar-refractivity contribution in [2.24, 2.45) is 5.10 Å². The van der Waals surface area contributed by atoms with E-state index in [-0.39, 0.29) is 24.1 Å². The van der Waals surface area contributed by atoms with E-state index in [2.05, 4.69) is 36.4 Å². The minimum Gasteiger partial charge on any atom is -0.488 e. The maximum absolute atomic E-state index is 13.3. The second-order valence-corrected chi connectivity index (χ2v) is 8.42. The molecule has 0 bridgehead atoms. The number of carbonyl (C=O) groups is 1. The van der Waals surface area contributed by atoms with Crippen LogP contribution in [0.3, 0.4) is 0 Å². The molecule has 6 nitrogen and oxygen atoms in total. The number of aromatic nitrogens is 2. The van der Waals surface area contributed by atoms with Crippen molar-refractivity contribution >= 4 is 39.8 Å². The quantitative estimate of drug-likeness (QED) is 0.207. The van der Waals surface area contributed by atoms with Crippen LogP contribution in [0.25, 0.3) is 0 Å². The largest absolute Gasteiger partial charge is 0.488 e. The van der Waals surface area contributed by atoms with Crippen molar-refractivity contribution < 1.29 is 13.9 Å². The van der Waals surface area contributed by atoms with Crippen LogP contribution in [-0.2, 0) is 11.4 Å². The molecule has 0 unspecified atom stereocenters. The first kappa shape index (κ1) is 22.9. The van der Waals surface area contributed by atoms with Gasteiger partial charge in [0.25, 0.3) is 5.91 Å². The van der Waals surface area contributed by atoms with Gasteiger partial charge >= 0.3 is 0 Å². The number of rotatable bonds is 8. The number of amides is 1. The van der Waals surface area contributed by atoms with Crippen LogP contribution in [0.2, 0.25) is 0 Å². The Bertz CT molecular complexity index is 1090. The van der Waals surface area contributed by atoms with Gasteiger partial charge in [0.2, 0.25) is 0 Å². The molecule has 0 saturated carbocycles. The van der Waals surface area contributed by atoms with E-state index < -0.39 is 0 Å². The van der Waals surface area contributed by atoms with Crippen LogP contribution in [0.1, 0.15) is 22.5 Å². The Hall–Kier alpha value is -2.78. The first-order valence-electron chi connectivity index (χ1n) is 9.33. The smallest absolute Gasteiger partial charge is 0.250 e. The van der Waals surface area contributed by atoms with Crippen LogP contribution in [0, 0.1) is 19.7 Å². The third kappa shape index (κ3) is 7.45. The lowest BCUT2D eigenvalue weighted by molar-refractivity contribution is -0.118. The number of halogens is 2. The van der Waals surface area contributed by atoms with Crippen molar-refractivity contribution in [1.82, 2.24) is 15.4 Å². The highest BCUT2D eigenvalue weighted by Crippen LogP contribution is 2.26. The van der Waals surface area contributed by atoms with Gasteiger partial charge in [0.15, 0.2) is 5.16 Å². The maximum Gasteiger partial charge on any atom is 0.250 e. The Labute approximate surface area is 192 Å². The Morgan fingerprint density at radius 2 is 1.97 bits per heavy atom. The van der Waals surface area contributed by atoms with Crippen LogP contribution in [0.5, 0.6) is 5.75 Å². The molecule has 0 fully saturated rings. The molecule has 1 amide bonds. The molecule has 0 atom stereocenters. The van der Waals surface area contributed by atoms with Gasteiger partial charge in [-0.15, -0.1) is 0 Å². The number of nitrogens with zero attached hydrogens (tertiary/aromatic N) is 3. The summed E-state index contributed by atoms with van der Waals surface area (Å²) in [6, 6.07) is 13.5. The zero-order valence-corrected chi connectivity index (χ0v) is 19.3. The van der Waals surface area contributed by atoms with Gasteiger partial charge in [-0.05, 0) is 77.3 Å². The lowest BCUT2D eigenvalue weighted by Crippen LogP contribution is -2.19. The molecule has 31 heavy (non-hydrogen) atoms. The van der Waals surface area contributed by atoms with Gasteiger partial charge in [-0.1, -0.05) is 23.9 Å². The van der Waals surface area contributed by atoms with E-state index in [1.165, 1.54) is 30.1 Å². The summed E-state index contributed by atoms with van der Waals surface area (Å²) in [5.41, 5.74) is 5.73. The van der Waals surface area contributed by atoms with E-state index in [0.717, 1.165) is 27.0 Å².